The van der Waals surface area contributed by atoms with Crippen LogP contribution in [0.5, 0.6) is 0 Å². The Morgan fingerprint density at radius 3 is 2.83 bits per heavy atom. The number of amides is 1. The maximum atomic E-state index is 11.9. The Morgan fingerprint density at radius 2 is 2.28 bits per heavy atom. The molecule has 1 aliphatic heterocycles. The highest BCUT2D eigenvalue weighted by atomic mass is 32.1. The second-order valence-corrected chi connectivity index (χ2v) is 4.87. The summed E-state index contributed by atoms with van der Waals surface area (Å²) in [6.45, 7) is 2.36. The van der Waals surface area contributed by atoms with Crippen LogP contribution in [0.2, 0.25) is 0 Å². The van der Waals surface area contributed by atoms with Crippen LogP contribution in [0.3, 0.4) is 0 Å². The van der Waals surface area contributed by atoms with E-state index >= 15 is 0 Å². The van der Waals surface area contributed by atoms with E-state index in [1.54, 1.807) is 12.1 Å². The Bertz CT molecular complexity index is 504. The number of hydrogen-bond acceptors (Lipinski definition) is 4. The number of carbonyl (C=O) groups excluding carboxylic acids is 1. The minimum absolute atomic E-state index is 0.0197. The number of nitro benzene ring substituents is 1. The van der Waals surface area contributed by atoms with Gasteiger partial charge in [0.25, 0.3) is 5.69 Å². The Balaban J connectivity index is 2.41. The molecule has 1 heterocycles. The van der Waals surface area contributed by atoms with Crippen LogP contribution in [0.25, 0.3) is 0 Å². The molecule has 1 fully saturated rings. The summed E-state index contributed by atoms with van der Waals surface area (Å²) in [6.07, 6.45) is 0.411. The summed E-state index contributed by atoms with van der Waals surface area (Å²) >= 11 is 4.18. The van der Waals surface area contributed by atoms with E-state index in [1.807, 2.05) is 6.92 Å². The quantitative estimate of drug-likeness (QED) is 0.518. The third-order valence-electron chi connectivity index (χ3n) is 3.08. The molecule has 1 aromatic rings. The smallest absolute Gasteiger partial charge is 0.292 e. The summed E-state index contributed by atoms with van der Waals surface area (Å²) in [4.78, 5) is 24.0. The van der Waals surface area contributed by atoms with Crippen molar-refractivity contribution in [2.24, 2.45) is 5.92 Å². The van der Waals surface area contributed by atoms with E-state index in [9.17, 15) is 14.9 Å². The highest BCUT2D eigenvalue weighted by Crippen LogP contribution is 2.33. The maximum absolute atomic E-state index is 11.9. The fraction of sp³-hybridized carbons (Fsp3) is 0.417. The number of anilines is 1. The zero-order valence-corrected chi connectivity index (χ0v) is 10.9. The van der Waals surface area contributed by atoms with Crippen LogP contribution in [0.1, 0.15) is 12.0 Å². The number of nitrogens with zero attached hydrogens (tertiary/aromatic N) is 2. The predicted octanol–water partition coefficient (Wildman–Crippen LogP) is 2.19. The second kappa shape index (κ2) is 4.97. The van der Waals surface area contributed by atoms with Crippen LogP contribution in [0.4, 0.5) is 11.4 Å². The molecule has 6 heteroatoms. The molecule has 0 N–H and O–H groups in total. The van der Waals surface area contributed by atoms with E-state index in [1.165, 1.54) is 11.0 Å². The highest BCUT2D eigenvalue weighted by molar-refractivity contribution is 7.80. The summed E-state index contributed by atoms with van der Waals surface area (Å²) in [5, 5.41) is 11.0. The number of rotatable bonds is 3. The second-order valence-electron chi connectivity index (χ2n) is 4.51. The molecule has 5 nitrogen and oxygen atoms in total. The Labute approximate surface area is 110 Å². The van der Waals surface area contributed by atoms with Crippen molar-refractivity contribution in [3.8, 4) is 0 Å². The molecule has 1 aliphatic rings. The van der Waals surface area contributed by atoms with E-state index in [2.05, 4.69) is 12.6 Å². The summed E-state index contributed by atoms with van der Waals surface area (Å²) in [6, 6.07) is 4.82. The van der Waals surface area contributed by atoms with E-state index in [0.29, 0.717) is 24.4 Å². The predicted molar refractivity (Wildman–Crippen MR) is 72.1 cm³/mol. The van der Waals surface area contributed by atoms with Gasteiger partial charge in [-0.25, -0.2) is 0 Å². The van der Waals surface area contributed by atoms with Crippen molar-refractivity contribution in [2.45, 2.75) is 13.3 Å². The van der Waals surface area contributed by atoms with Gasteiger partial charge < -0.3 is 4.90 Å². The fourth-order valence-electron chi connectivity index (χ4n) is 2.14. The first-order valence-electron chi connectivity index (χ1n) is 5.69. The van der Waals surface area contributed by atoms with Crippen LogP contribution in [-0.4, -0.2) is 23.1 Å². The van der Waals surface area contributed by atoms with Crippen molar-refractivity contribution < 1.29 is 9.72 Å². The zero-order chi connectivity index (χ0) is 13.3. The molecular weight excluding hydrogens is 252 g/mol. The number of nitro groups is 1. The van der Waals surface area contributed by atoms with Crippen molar-refractivity contribution >= 4 is 29.9 Å². The summed E-state index contributed by atoms with van der Waals surface area (Å²) < 4.78 is 0. The molecule has 1 amide bonds. The number of hydrogen-bond donors (Lipinski definition) is 1. The molecule has 2 rings (SSSR count). The van der Waals surface area contributed by atoms with Gasteiger partial charge in [0.15, 0.2) is 0 Å². The Hall–Kier alpha value is -1.56. The van der Waals surface area contributed by atoms with Gasteiger partial charge in [0.1, 0.15) is 5.69 Å². The van der Waals surface area contributed by atoms with Crippen molar-refractivity contribution in [2.75, 3.05) is 17.2 Å². The average Bonchev–Trinajstić information content (AvgIpc) is 2.70. The summed E-state index contributed by atoms with van der Waals surface area (Å²) in [5.41, 5.74) is 1.28. The van der Waals surface area contributed by atoms with Gasteiger partial charge in [-0.3, -0.25) is 14.9 Å². The lowest BCUT2D eigenvalue weighted by molar-refractivity contribution is -0.384. The van der Waals surface area contributed by atoms with Gasteiger partial charge in [-0.2, -0.15) is 12.6 Å². The molecule has 1 atom stereocenters. The van der Waals surface area contributed by atoms with Crippen molar-refractivity contribution in [1.82, 2.24) is 0 Å². The highest BCUT2D eigenvalue weighted by Gasteiger charge is 2.33. The molecule has 0 aromatic heterocycles. The Morgan fingerprint density at radius 1 is 1.56 bits per heavy atom. The van der Waals surface area contributed by atoms with Gasteiger partial charge in [0.2, 0.25) is 5.91 Å². The van der Waals surface area contributed by atoms with Crippen LogP contribution >= 0.6 is 12.6 Å². The normalized spacial score (nSPS) is 19.3. The average molecular weight is 266 g/mol. The number of carbonyl (C=O) groups is 1. The third-order valence-corrected chi connectivity index (χ3v) is 3.60. The molecule has 96 valence electrons. The van der Waals surface area contributed by atoms with Crippen LogP contribution < -0.4 is 4.90 Å². The zero-order valence-electron chi connectivity index (χ0n) is 10.00. The SMILES string of the molecule is Cc1ccc([N+](=O)[O-])c(N2CC(CS)CC2=O)c1. The van der Waals surface area contributed by atoms with Crippen LogP contribution in [0.15, 0.2) is 18.2 Å². The topological polar surface area (TPSA) is 63.5 Å². The molecule has 0 spiro atoms. The van der Waals surface area contributed by atoms with Crippen LogP contribution in [-0.2, 0) is 4.79 Å². The van der Waals surface area contributed by atoms with E-state index in [0.717, 1.165) is 5.56 Å². The maximum Gasteiger partial charge on any atom is 0.292 e. The van der Waals surface area contributed by atoms with Gasteiger partial charge in [0.05, 0.1) is 4.92 Å². The largest absolute Gasteiger partial charge is 0.306 e. The van der Waals surface area contributed by atoms with Crippen LogP contribution in [0, 0.1) is 23.0 Å². The first-order valence-corrected chi connectivity index (χ1v) is 6.32. The monoisotopic (exact) mass is 266 g/mol. The van der Waals surface area contributed by atoms with Crippen molar-refractivity contribution in [1.29, 1.82) is 0 Å². The molecule has 1 aromatic carbocycles. The number of thiol groups is 1. The first kappa shape index (κ1) is 12.9. The molecule has 0 bridgehead atoms. The molecule has 1 unspecified atom stereocenters. The van der Waals surface area contributed by atoms with Gasteiger partial charge in [-0.05, 0) is 30.2 Å². The van der Waals surface area contributed by atoms with Gasteiger partial charge in [-0.1, -0.05) is 6.07 Å². The third kappa shape index (κ3) is 2.33. The molecule has 18 heavy (non-hydrogen) atoms. The lowest BCUT2D eigenvalue weighted by Crippen LogP contribution is -2.25. The summed E-state index contributed by atoms with van der Waals surface area (Å²) in [5.74, 6) is 0.714. The minimum atomic E-state index is -0.448. The lowest BCUT2D eigenvalue weighted by Gasteiger charge is -2.17. The molecular formula is C12H14N2O3S. The van der Waals surface area contributed by atoms with Crippen molar-refractivity contribution in [3.63, 3.8) is 0 Å². The van der Waals surface area contributed by atoms with E-state index in [4.69, 9.17) is 0 Å². The van der Waals surface area contributed by atoms with Gasteiger partial charge in [0, 0.05) is 19.0 Å². The minimum Gasteiger partial charge on any atom is -0.306 e. The Kier molecular flexibility index (Phi) is 3.56. The molecule has 1 saturated heterocycles. The fourth-order valence-corrected chi connectivity index (χ4v) is 2.39. The lowest BCUT2D eigenvalue weighted by atomic mass is 10.1. The first-order chi connectivity index (χ1) is 8.52. The standard InChI is InChI=1S/C12H14N2O3S/c1-8-2-3-10(14(16)17)11(4-8)13-6-9(7-18)5-12(13)15/h2-4,9,18H,5-7H2,1H3. The van der Waals surface area contributed by atoms with E-state index < -0.39 is 4.92 Å². The molecule has 0 radical (unpaired) electrons. The molecule has 0 aliphatic carbocycles. The van der Waals surface area contributed by atoms with Gasteiger partial charge in [-0.15, -0.1) is 0 Å². The van der Waals surface area contributed by atoms with Crippen molar-refractivity contribution in [3.05, 3.63) is 33.9 Å². The summed E-state index contributed by atoms with van der Waals surface area (Å²) in [7, 11) is 0. The molecule has 0 saturated carbocycles. The van der Waals surface area contributed by atoms with Gasteiger partial charge >= 0.3 is 0 Å². The number of aryl methyl sites for hydroxylation is 1. The van der Waals surface area contributed by atoms with E-state index in [-0.39, 0.29) is 17.5 Å². The number of benzene rings is 1.